The lowest BCUT2D eigenvalue weighted by molar-refractivity contribution is 0.0695. The van der Waals surface area contributed by atoms with E-state index < -0.39 is 11.5 Å². The number of carboxylic acids is 1. The summed E-state index contributed by atoms with van der Waals surface area (Å²) in [6, 6.07) is 8.60. The number of ether oxygens (including phenoxy) is 1. The molecule has 5 heteroatoms. The minimum absolute atomic E-state index is 0.278. The Bertz CT molecular complexity index is 660. The maximum atomic E-state index is 11.4. The number of carbonyl (C=O) groups is 1. The minimum Gasteiger partial charge on any atom is -0.494 e. The number of aromatic nitrogens is 1. The van der Waals surface area contributed by atoms with Crippen molar-refractivity contribution < 1.29 is 14.6 Å². The quantitative estimate of drug-likeness (QED) is 0.881. The zero-order chi connectivity index (χ0) is 13.8. The van der Waals surface area contributed by atoms with Gasteiger partial charge in [0, 0.05) is 6.20 Å². The number of hydrogen-bond acceptors (Lipinski definition) is 3. The van der Waals surface area contributed by atoms with E-state index in [0.717, 1.165) is 5.56 Å². The molecule has 2 N–H and O–H groups in total. The molecule has 0 radical (unpaired) electrons. The number of nitrogens with one attached hydrogen (secondary N) is 1. The molecule has 2 aromatic rings. The van der Waals surface area contributed by atoms with Crippen molar-refractivity contribution in [3.8, 4) is 16.9 Å². The van der Waals surface area contributed by atoms with Crippen LogP contribution < -0.4 is 10.3 Å². The SMILES string of the molecule is CCOc1cccc(-c2c[nH]c(=O)c(C(=O)O)c2)c1. The lowest BCUT2D eigenvalue weighted by Crippen LogP contribution is -2.16. The van der Waals surface area contributed by atoms with Crippen molar-refractivity contribution >= 4 is 5.97 Å². The molecular weight excluding hydrogens is 246 g/mol. The van der Waals surface area contributed by atoms with Crippen LogP contribution in [0.15, 0.2) is 41.3 Å². The standard InChI is InChI=1S/C14H13NO4/c1-2-19-11-5-3-4-9(6-11)10-7-12(14(17)18)13(16)15-8-10/h3-8H,2H2,1H3,(H,15,16)(H,17,18). The molecule has 0 bridgehead atoms. The first-order chi connectivity index (χ1) is 9.11. The predicted octanol–water partition coefficient (Wildman–Crippen LogP) is 2.14. The average molecular weight is 259 g/mol. The summed E-state index contributed by atoms with van der Waals surface area (Å²) in [5.41, 5.74) is 0.514. The predicted molar refractivity (Wildman–Crippen MR) is 70.6 cm³/mol. The molecule has 98 valence electrons. The third-order valence-corrected chi connectivity index (χ3v) is 2.61. The highest BCUT2D eigenvalue weighted by Crippen LogP contribution is 2.23. The fourth-order valence-corrected chi connectivity index (χ4v) is 1.74. The lowest BCUT2D eigenvalue weighted by Gasteiger charge is -2.06. The van der Waals surface area contributed by atoms with E-state index in [9.17, 15) is 9.59 Å². The van der Waals surface area contributed by atoms with Gasteiger partial charge in [-0.2, -0.15) is 0 Å². The summed E-state index contributed by atoms with van der Waals surface area (Å²) in [6.07, 6.45) is 1.49. The van der Waals surface area contributed by atoms with Gasteiger partial charge in [0.25, 0.3) is 5.56 Å². The second kappa shape index (κ2) is 5.39. The topological polar surface area (TPSA) is 79.4 Å². The maximum Gasteiger partial charge on any atom is 0.341 e. The molecule has 0 amide bonds. The molecule has 1 aromatic heterocycles. The van der Waals surface area contributed by atoms with Crippen molar-refractivity contribution in [1.82, 2.24) is 4.98 Å². The van der Waals surface area contributed by atoms with E-state index >= 15 is 0 Å². The maximum absolute atomic E-state index is 11.4. The highest BCUT2D eigenvalue weighted by Gasteiger charge is 2.10. The monoisotopic (exact) mass is 259 g/mol. The normalized spacial score (nSPS) is 10.2. The van der Waals surface area contributed by atoms with Gasteiger partial charge in [0.05, 0.1) is 6.61 Å². The Hall–Kier alpha value is -2.56. The number of aromatic amines is 1. The molecule has 0 fully saturated rings. The van der Waals surface area contributed by atoms with Crippen molar-refractivity contribution in [2.24, 2.45) is 0 Å². The van der Waals surface area contributed by atoms with Gasteiger partial charge < -0.3 is 14.8 Å². The molecule has 2 rings (SSSR count). The number of hydrogen-bond donors (Lipinski definition) is 2. The zero-order valence-corrected chi connectivity index (χ0v) is 10.3. The van der Waals surface area contributed by atoms with E-state index in [-0.39, 0.29) is 5.56 Å². The smallest absolute Gasteiger partial charge is 0.341 e. The number of carboxylic acid groups (broad SMARTS) is 1. The average Bonchev–Trinajstić information content (AvgIpc) is 2.39. The third kappa shape index (κ3) is 2.82. The molecule has 0 unspecified atom stereocenters. The number of aromatic carboxylic acids is 1. The molecule has 19 heavy (non-hydrogen) atoms. The summed E-state index contributed by atoms with van der Waals surface area (Å²) >= 11 is 0. The van der Waals surface area contributed by atoms with Crippen LogP contribution in [0, 0.1) is 0 Å². The molecule has 5 nitrogen and oxygen atoms in total. The summed E-state index contributed by atoms with van der Waals surface area (Å²) in [7, 11) is 0. The van der Waals surface area contributed by atoms with Crippen molar-refractivity contribution in [1.29, 1.82) is 0 Å². The van der Waals surface area contributed by atoms with E-state index in [1.54, 1.807) is 6.07 Å². The third-order valence-electron chi connectivity index (χ3n) is 2.61. The van der Waals surface area contributed by atoms with Crippen molar-refractivity contribution in [3.05, 3.63) is 52.4 Å². The number of pyridine rings is 1. The molecule has 0 aliphatic heterocycles. The Morgan fingerprint density at radius 2 is 2.11 bits per heavy atom. The van der Waals surface area contributed by atoms with Crippen LogP contribution in [0.1, 0.15) is 17.3 Å². The number of H-pyrrole nitrogens is 1. The van der Waals surface area contributed by atoms with Crippen LogP contribution in [-0.4, -0.2) is 22.7 Å². The van der Waals surface area contributed by atoms with Crippen LogP contribution in [-0.2, 0) is 0 Å². The highest BCUT2D eigenvalue weighted by molar-refractivity contribution is 5.88. The molecule has 0 aliphatic carbocycles. The van der Waals surface area contributed by atoms with Gasteiger partial charge in [-0.25, -0.2) is 4.79 Å². The molecule has 0 saturated heterocycles. The Morgan fingerprint density at radius 3 is 2.79 bits per heavy atom. The van der Waals surface area contributed by atoms with Crippen molar-refractivity contribution in [3.63, 3.8) is 0 Å². The first-order valence-electron chi connectivity index (χ1n) is 5.81. The highest BCUT2D eigenvalue weighted by atomic mass is 16.5. The zero-order valence-electron chi connectivity index (χ0n) is 10.3. The van der Waals surface area contributed by atoms with Gasteiger partial charge in [-0.1, -0.05) is 12.1 Å². The molecular formula is C14H13NO4. The fraction of sp³-hybridized carbons (Fsp3) is 0.143. The molecule has 0 spiro atoms. The first kappa shape index (κ1) is 12.9. The Labute approximate surface area is 109 Å². The van der Waals surface area contributed by atoms with Crippen LogP contribution in [0.2, 0.25) is 0 Å². The summed E-state index contributed by atoms with van der Waals surface area (Å²) in [5, 5.41) is 8.93. The number of benzene rings is 1. The second-order valence-corrected chi connectivity index (χ2v) is 3.90. The summed E-state index contributed by atoms with van der Waals surface area (Å²) in [4.78, 5) is 24.7. The summed E-state index contributed by atoms with van der Waals surface area (Å²) in [6.45, 7) is 2.44. The molecule has 0 atom stereocenters. The van der Waals surface area contributed by atoms with E-state index in [2.05, 4.69) is 4.98 Å². The fourth-order valence-electron chi connectivity index (χ4n) is 1.74. The van der Waals surface area contributed by atoms with Crippen LogP contribution in [0.4, 0.5) is 0 Å². The van der Waals surface area contributed by atoms with Crippen LogP contribution in [0.5, 0.6) is 5.75 Å². The van der Waals surface area contributed by atoms with Gasteiger partial charge in [0.2, 0.25) is 0 Å². The summed E-state index contributed by atoms with van der Waals surface area (Å²) in [5.74, 6) is -0.549. The van der Waals surface area contributed by atoms with Gasteiger partial charge in [-0.05, 0) is 36.2 Å². The lowest BCUT2D eigenvalue weighted by atomic mass is 10.1. The van der Waals surface area contributed by atoms with Crippen LogP contribution in [0.3, 0.4) is 0 Å². The van der Waals surface area contributed by atoms with Crippen LogP contribution >= 0.6 is 0 Å². The first-order valence-corrected chi connectivity index (χ1v) is 5.81. The molecule has 1 heterocycles. The molecule has 0 aliphatic rings. The second-order valence-electron chi connectivity index (χ2n) is 3.90. The number of rotatable bonds is 4. The Kier molecular flexibility index (Phi) is 3.66. The van der Waals surface area contributed by atoms with Crippen molar-refractivity contribution in [2.75, 3.05) is 6.61 Å². The Balaban J connectivity index is 2.47. The largest absolute Gasteiger partial charge is 0.494 e. The van der Waals surface area contributed by atoms with Crippen LogP contribution in [0.25, 0.3) is 11.1 Å². The Morgan fingerprint density at radius 1 is 1.32 bits per heavy atom. The van der Waals surface area contributed by atoms with E-state index in [1.165, 1.54) is 12.3 Å². The van der Waals surface area contributed by atoms with Gasteiger partial charge in [0.15, 0.2) is 0 Å². The van der Waals surface area contributed by atoms with Gasteiger partial charge in [-0.15, -0.1) is 0 Å². The van der Waals surface area contributed by atoms with Gasteiger partial charge >= 0.3 is 5.97 Å². The summed E-state index contributed by atoms with van der Waals surface area (Å²) < 4.78 is 5.38. The van der Waals surface area contributed by atoms with Gasteiger partial charge in [-0.3, -0.25) is 4.79 Å². The van der Waals surface area contributed by atoms with E-state index in [4.69, 9.17) is 9.84 Å². The van der Waals surface area contributed by atoms with Gasteiger partial charge in [0.1, 0.15) is 11.3 Å². The van der Waals surface area contributed by atoms with E-state index in [0.29, 0.717) is 17.9 Å². The molecule has 1 aromatic carbocycles. The van der Waals surface area contributed by atoms with Crippen molar-refractivity contribution in [2.45, 2.75) is 6.92 Å². The van der Waals surface area contributed by atoms with E-state index in [1.807, 2.05) is 25.1 Å². The molecule has 0 saturated carbocycles. The minimum atomic E-state index is -1.25.